The lowest BCUT2D eigenvalue weighted by atomic mass is 10.2. The molecule has 0 unspecified atom stereocenters. The van der Waals surface area contributed by atoms with Gasteiger partial charge in [-0.25, -0.2) is 9.97 Å². The monoisotopic (exact) mass is 502 g/mol. The second kappa shape index (κ2) is 10.8. The Morgan fingerprint density at radius 1 is 1.41 bits per heavy atom. The highest BCUT2D eigenvalue weighted by Crippen LogP contribution is 2.14. The van der Waals surface area contributed by atoms with Gasteiger partial charge in [0, 0.05) is 45.3 Å². The molecule has 0 atom stereocenters. The molecule has 1 N–H and O–H groups in total. The first-order valence-electron chi connectivity index (χ1n) is 8.76. The van der Waals surface area contributed by atoms with E-state index in [1.165, 1.54) is 5.56 Å². The largest absolute Gasteiger partial charge is 0.378 e. The summed E-state index contributed by atoms with van der Waals surface area (Å²) in [5.74, 6) is 1.86. The van der Waals surface area contributed by atoms with Crippen molar-refractivity contribution in [2.45, 2.75) is 20.0 Å². The molecule has 27 heavy (non-hydrogen) atoms. The van der Waals surface area contributed by atoms with E-state index >= 15 is 0 Å². The number of hydrogen-bond donors (Lipinski definition) is 1. The van der Waals surface area contributed by atoms with E-state index in [0.29, 0.717) is 6.54 Å². The van der Waals surface area contributed by atoms with Gasteiger partial charge >= 0.3 is 0 Å². The maximum atomic E-state index is 5.41. The third-order valence-corrected chi connectivity index (χ3v) is 5.06. The van der Waals surface area contributed by atoms with Crippen LogP contribution in [0.15, 0.2) is 28.7 Å². The number of rotatable bonds is 5. The summed E-state index contributed by atoms with van der Waals surface area (Å²) >= 11 is 1.67. The molecule has 3 rings (SSSR count). The van der Waals surface area contributed by atoms with E-state index in [-0.39, 0.29) is 24.0 Å². The number of morpholine rings is 1. The van der Waals surface area contributed by atoms with Crippen LogP contribution >= 0.6 is 35.3 Å². The zero-order chi connectivity index (χ0) is 18.4. The summed E-state index contributed by atoms with van der Waals surface area (Å²) in [4.78, 5) is 17.7. The highest BCUT2D eigenvalue weighted by Gasteiger charge is 2.13. The Kier molecular flexibility index (Phi) is 8.71. The smallest absolute Gasteiger partial charge is 0.194 e. The molecule has 1 fully saturated rings. The molecule has 0 aromatic carbocycles. The molecule has 1 aliphatic heterocycles. The Morgan fingerprint density at radius 2 is 2.19 bits per heavy atom. The van der Waals surface area contributed by atoms with Gasteiger partial charge in [-0.05, 0) is 24.6 Å². The third-order valence-electron chi connectivity index (χ3n) is 4.23. The van der Waals surface area contributed by atoms with Crippen LogP contribution in [0.25, 0.3) is 0 Å². The van der Waals surface area contributed by atoms with E-state index in [2.05, 4.69) is 41.5 Å². The fourth-order valence-electron chi connectivity index (χ4n) is 2.90. The number of aryl methyl sites for hydroxylation is 1. The van der Waals surface area contributed by atoms with Crippen molar-refractivity contribution in [2.75, 3.05) is 45.3 Å². The Hall–Kier alpha value is -1.46. The molecular weight excluding hydrogens is 475 g/mol. The molecule has 0 spiro atoms. The van der Waals surface area contributed by atoms with Crippen LogP contribution in [0.4, 0.5) is 5.82 Å². The quantitative estimate of drug-likeness (QED) is 0.385. The first kappa shape index (κ1) is 21.8. The molecule has 0 amide bonds. The minimum atomic E-state index is 0. The fraction of sp³-hybridized carbons (Fsp3) is 0.500. The second-order valence-corrected chi connectivity index (χ2v) is 7.30. The molecule has 0 bridgehead atoms. The van der Waals surface area contributed by atoms with Crippen molar-refractivity contribution in [3.8, 4) is 0 Å². The van der Waals surface area contributed by atoms with E-state index < -0.39 is 0 Å². The minimum absolute atomic E-state index is 0. The summed E-state index contributed by atoms with van der Waals surface area (Å²) in [6.07, 6.45) is 1.87. The summed E-state index contributed by atoms with van der Waals surface area (Å²) in [5.41, 5.74) is 2.25. The van der Waals surface area contributed by atoms with Crippen molar-refractivity contribution >= 4 is 47.1 Å². The van der Waals surface area contributed by atoms with Crippen LogP contribution in [-0.4, -0.2) is 61.2 Å². The predicted molar refractivity (Wildman–Crippen MR) is 121 cm³/mol. The molecule has 148 valence electrons. The summed E-state index contributed by atoms with van der Waals surface area (Å²) < 4.78 is 5.41. The molecule has 3 heterocycles. The van der Waals surface area contributed by atoms with Crippen LogP contribution in [-0.2, 0) is 17.8 Å². The lowest BCUT2D eigenvalue weighted by molar-refractivity contribution is 0.122. The third kappa shape index (κ3) is 6.28. The van der Waals surface area contributed by atoms with Crippen LogP contribution < -0.4 is 10.2 Å². The Balaban J connectivity index is 0.00000261. The SMILES string of the molecule is CN=C(NCc1ccnc(N2CCOCC2)c1)N(C)Cc1csc(C)n1.I. The number of aliphatic imine (C=N–C) groups is 1. The number of nitrogens with one attached hydrogen (secondary N) is 1. The summed E-state index contributed by atoms with van der Waals surface area (Å²) in [5, 5.41) is 6.60. The maximum Gasteiger partial charge on any atom is 0.194 e. The van der Waals surface area contributed by atoms with Gasteiger partial charge in [0.05, 0.1) is 30.5 Å². The zero-order valence-electron chi connectivity index (χ0n) is 16.0. The average molecular weight is 502 g/mol. The molecule has 0 aliphatic carbocycles. The average Bonchev–Trinajstić information content (AvgIpc) is 3.08. The van der Waals surface area contributed by atoms with Crippen LogP contribution in [0.3, 0.4) is 0 Å². The topological polar surface area (TPSA) is 65.9 Å². The summed E-state index contributed by atoms with van der Waals surface area (Å²) in [7, 11) is 3.83. The highest BCUT2D eigenvalue weighted by atomic mass is 127. The van der Waals surface area contributed by atoms with Crippen molar-refractivity contribution < 1.29 is 4.74 Å². The van der Waals surface area contributed by atoms with E-state index in [1.54, 1.807) is 18.4 Å². The number of ether oxygens (including phenoxy) is 1. The number of aromatic nitrogens is 2. The number of anilines is 1. The van der Waals surface area contributed by atoms with Gasteiger partial charge in [-0.15, -0.1) is 35.3 Å². The van der Waals surface area contributed by atoms with Gasteiger partial charge in [0.25, 0.3) is 0 Å². The molecule has 0 radical (unpaired) electrons. The summed E-state index contributed by atoms with van der Waals surface area (Å²) in [6, 6.07) is 4.17. The van der Waals surface area contributed by atoms with Crippen molar-refractivity contribution in [3.63, 3.8) is 0 Å². The Labute approximate surface area is 181 Å². The van der Waals surface area contributed by atoms with Gasteiger partial charge in [-0.2, -0.15) is 0 Å². The molecule has 0 saturated carbocycles. The van der Waals surface area contributed by atoms with E-state index in [1.807, 2.05) is 26.2 Å². The molecule has 2 aromatic rings. The van der Waals surface area contributed by atoms with Gasteiger partial charge in [0.15, 0.2) is 5.96 Å². The van der Waals surface area contributed by atoms with Crippen molar-refractivity contribution in [1.29, 1.82) is 0 Å². The first-order valence-corrected chi connectivity index (χ1v) is 9.64. The van der Waals surface area contributed by atoms with Gasteiger partial charge < -0.3 is 19.9 Å². The zero-order valence-corrected chi connectivity index (χ0v) is 19.2. The van der Waals surface area contributed by atoms with E-state index in [0.717, 1.165) is 55.3 Å². The number of nitrogens with zero attached hydrogens (tertiary/aromatic N) is 5. The molecule has 1 saturated heterocycles. The number of halogens is 1. The van der Waals surface area contributed by atoms with Crippen molar-refractivity contribution in [3.05, 3.63) is 40.0 Å². The normalized spacial score (nSPS) is 14.6. The van der Waals surface area contributed by atoms with Crippen LogP contribution in [0.5, 0.6) is 0 Å². The molecule has 9 heteroatoms. The number of pyridine rings is 1. The molecule has 2 aromatic heterocycles. The van der Waals surface area contributed by atoms with E-state index in [4.69, 9.17) is 4.74 Å². The minimum Gasteiger partial charge on any atom is -0.378 e. The van der Waals surface area contributed by atoms with Gasteiger partial charge in [0.1, 0.15) is 5.82 Å². The number of guanidine groups is 1. The van der Waals surface area contributed by atoms with Gasteiger partial charge in [-0.1, -0.05) is 0 Å². The number of hydrogen-bond acceptors (Lipinski definition) is 6. The second-order valence-electron chi connectivity index (χ2n) is 6.24. The predicted octanol–water partition coefficient (Wildman–Crippen LogP) is 2.51. The van der Waals surface area contributed by atoms with Crippen molar-refractivity contribution in [2.24, 2.45) is 4.99 Å². The maximum absolute atomic E-state index is 5.41. The van der Waals surface area contributed by atoms with E-state index in [9.17, 15) is 0 Å². The Bertz CT molecular complexity index is 747. The van der Waals surface area contributed by atoms with Gasteiger partial charge in [0.2, 0.25) is 0 Å². The molecule has 1 aliphatic rings. The number of thiazole rings is 1. The standard InChI is InChI=1S/C18H26N6OS.HI/c1-14-22-16(13-26-14)12-23(3)18(19-2)21-11-15-4-5-20-17(10-15)24-6-8-25-9-7-24;/h4-5,10,13H,6-9,11-12H2,1-3H3,(H,19,21);1H. The summed E-state index contributed by atoms with van der Waals surface area (Å²) in [6.45, 7) is 6.77. The van der Waals surface area contributed by atoms with Crippen LogP contribution in [0.1, 0.15) is 16.3 Å². The lowest BCUT2D eigenvalue weighted by Gasteiger charge is -2.28. The highest BCUT2D eigenvalue weighted by molar-refractivity contribution is 14.0. The first-order chi connectivity index (χ1) is 12.7. The Morgan fingerprint density at radius 3 is 2.85 bits per heavy atom. The van der Waals surface area contributed by atoms with Crippen LogP contribution in [0, 0.1) is 6.92 Å². The molecule has 7 nitrogen and oxygen atoms in total. The van der Waals surface area contributed by atoms with Gasteiger partial charge in [-0.3, -0.25) is 4.99 Å². The molecular formula is C18H27IN6OS. The lowest BCUT2D eigenvalue weighted by Crippen LogP contribution is -2.38. The van der Waals surface area contributed by atoms with Crippen LogP contribution in [0.2, 0.25) is 0 Å². The van der Waals surface area contributed by atoms with Crippen molar-refractivity contribution in [1.82, 2.24) is 20.2 Å². The fourth-order valence-corrected chi connectivity index (χ4v) is 3.50.